The van der Waals surface area contributed by atoms with E-state index in [9.17, 15) is 61.4 Å². The van der Waals surface area contributed by atoms with E-state index in [0.717, 1.165) is 0 Å². The predicted molar refractivity (Wildman–Crippen MR) is 39.7 cm³/mol. The van der Waals surface area contributed by atoms with Crippen LogP contribution in [-0.4, -0.2) is 44.1 Å². The fourth-order valence-electron chi connectivity index (χ4n) is 0.831. The summed E-state index contributed by atoms with van der Waals surface area (Å²) < 4.78 is 167. The quantitative estimate of drug-likeness (QED) is 0.536. The zero-order chi connectivity index (χ0) is 17.7. The third-order valence-electron chi connectivity index (χ3n) is 2.06. The largest absolute Gasteiger partial charge is 0.768 e. The van der Waals surface area contributed by atoms with Crippen molar-refractivity contribution in [1.82, 2.24) is 0 Å². The predicted octanol–water partition coefficient (Wildman–Crippen LogP) is 3.26. The van der Waals surface area contributed by atoms with Gasteiger partial charge in [-0.2, -0.15) is 43.9 Å². The number of alkyl halides is 12. The molecule has 0 aromatic rings. The molecular weight excluding hydrogens is 364 g/mol. The number of halogens is 12. The summed E-state index contributed by atoms with van der Waals surface area (Å²) in [7, 11) is 0. The Hall–Kier alpha value is -0.730. The van der Waals surface area contributed by atoms with Crippen molar-refractivity contribution >= 4 is 11.1 Å². The van der Waals surface area contributed by atoms with Gasteiger partial charge in [0.25, 0.3) is 0 Å². The molecule has 0 heterocycles. The second-order valence-electron chi connectivity index (χ2n) is 3.40. The fourth-order valence-corrected chi connectivity index (χ4v) is 1.17. The summed E-state index contributed by atoms with van der Waals surface area (Å²) in [6.45, 7) is 0. The smallest absolute Gasteiger partial charge is 0.389 e. The van der Waals surface area contributed by atoms with Crippen LogP contribution in [0.5, 0.6) is 0 Å². The summed E-state index contributed by atoms with van der Waals surface area (Å²) in [6.07, 6.45) is -5.62. The number of rotatable bonds is 6. The normalized spacial score (nSPS) is 17.2. The highest BCUT2D eigenvalue weighted by Crippen LogP contribution is 2.58. The molecule has 0 N–H and O–H groups in total. The monoisotopic (exact) mass is 365 g/mol. The minimum absolute atomic E-state index is 5.44. The van der Waals surface area contributed by atoms with Gasteiger partial charge < -0.3 is 4.55 Å². The van der Waals surface area contributed by atoms with Crippen LogP contribution >= 0.6 is 0 Å². The Balaban J connectivity index is 6.15. The molecule has 0 aliphatic carbocycles. The van der Waals surface area contributed by atoms with Crippen molar-refractivity contribution in [2.45, 2.75) is 35.4 Å². The summed E-state index contributed by atoms with van der Waals surface area (Å²) in [5.41, 5.74) is 0. The topological polar surface area (TPSA) is 40.1 Å². The van der Waals surface area contributed by atoms with Crippen LogP contribution in [0.4, 0.5) is 52.7 Å². The van der Waals surface area contributed by atoms with E-state index in [0.29, 0.717) is 0 Å². The van der Waals surface area contributed by atoms with Crippen molar-refractivity contribution in [3.8, 4) is 0 Å². The van der Waals surface area contributed by atoms with E-state index in [4.69, 9.17) is 0 Å². The Morgan fingerprint density at radius 1 is 0.714 bits per heavy atom. The molecule has 0 saturated carbocycles. The van der Waals surface area contributed by atoms with E-state index >= 15 is 0 Å². The Morgan fingerprint density at radius 3 is 1.29 bits per heavy atom. The van der Waals surface area contributed by atoms with Crippen LogP contribution in [0.3, 0.4) is 0 Å². The lowest BCUT2D eigenvalue weighted by Crippen LogP contribution is -2.69. The van der Waals surface area contributed by atoms with Crippen molar-refractivity contribution in [3.05, 3.63) is 0 Å². The maximum Gasteiger partial charge on any atom is 0.389 e. The second-order valence-corrected chi connectivity index (χ2v) is 4.38. The highest BCUT2D eigenvalue weighted by molar-refractivity contribution is 7.80. The average Bonchev–Trinajstić information content (AvgIpc) is 2.27. The van der Waals surface area contributed by atoms with Crippen LogP contribution in [0.1, 0.15) is 0 Å². The average molecular weight is 365 g/mol. The molecule has 2 nitrogen and oxygen atoms in total. The van der Waals surface area contributed by atoms with Gasteiger partial charge in [0.15, 0.2) is 0 Å². The fraction of sp³-hybridized carbons (Fsp3) is 1.00. The number of hydrogen-bond acceptors (Lipinski definition) is 2. The molecule has 0 aliphatic heterocycles. The van der Waals surface area contributed by atoms with Gasteiger partial charge in [0, 0.05) is 11.1 Å². The van der Waals surface area contributed by atoms with Gasteiger partial charge in [-0.15, -0.1) is 0 Å². The molecule has 0 aromatic heterocycles. The summed E-state index contributed by atoms with van der Waals surface area (Å²) in [5, 5.41) is -6.93. The molecule has 0 fully saturated rings. The molecule has 1 atom stereocenters. The first kappa shape index (κ1) is 20.3. The molecule has 1 unspecified atom stereocenters. The molecular formula is C6HF12O2S-. The summed E-state index contributed by atoms with van der Waals surface area (Å²) in [4.78, 5) is 0. The van der Waals surface area contributed by atoms with E-state index in [1.807, 2.05) is 0 Å². The Bertz CT molecular complexity index is 418. The van der Waals surface area contributed by atoms with Crippen molar-refractivity contribution in [2.75, 3.05) is 0 Å². The Morgan fingerprint density at radius 2 is 1.05 bits per heavy atom. The molecule has 0 bridgehead atoms. The van der Waals surface area contributed by atoms with Gasteiger partial charge in [0.2, 0.25) is 0 Å². The lowest BCUT2D eigenvalue weighted by atomic mass is 9.99. The maximum absolute atomic E-state index is 12.6. The van der Waals surface area contributed by atoms with E-state index < -0.39 is 46.5 Å². The SMILES string of the molecule is O=S([O-])C(F)(F)C(F)(F)C(F)(F)C(F)(F)C(F)(F)C(F)F. The van der Waals surface area contributed by atoms with E-state index in [1.165, 1.54) is 0 Å². The molecule has 21 heavy (non-hydrogen) atoms. The molecule has 15 heteroatoms. The molecule has 0 spiro atoms. The minimum atomic E-state index is -7.82. The van der Waals surface area contributed by atoms with Crippen LogP contribution in [0, 0.1) is 0 Å². The molecule has 0 radical (unpaired) electrons. The van der Waals surface area contributed by atoms with Crippen molar-refractivity contribution in [1.29, 1.82) is 0 Å². The summed E-state index contributed by atoms with van der Waals surface area (Å²) >= 11 is -5.44. The van der Waals surface area contributed by atoms with E-state index in [2.05, 4.69) is 0 Å². The zero-order valence-corrected chi connectivity index (χ0v) is 9.65. The minimum Gasteiger partial charge on any atom is -0.768 e. The van der Waals surface area contributed by atoms with Crippen LogP contribution in [0.25, 0.3) is 0 Å². The lowest BCUT2D eigenvalue weighted by Gasteiger charge is -2.39. The van der Waals surface area contributed by atoms with Crippen LogP contribution in [0.2, 0.25) is 0 Å². The van der Waals surface area contributed by atoms with Crippen molar-refractivity contribution in [2.24, 2.45) is 0 Å². The Kier molecular flexibility index (Phi) is 4.99. The van der Waals surface area contributed by atoms with Crippen molar-refractivity contribution < 1.29 is 61.4 Å². The third-order valence-corrected chi connectivity index (χ3v) is 2.73. The van der Waals surface area contributed by atoms with Crippen molar-refractivity contribution in [3.63, 3.8) is 0 Å². The highest BCUT2D eigenvalue weighted by atomic mass is 32.2. The molecule has 0 saturated heterocycles. The van der Waals surface area contributed by atoms with Crippen LogP contribution in [-0.2, 0) is 11.1 Å². The van der Waals surface area contributed by atoms with Gasteiger partial charge in [-0.05, 0) is 0 Å². The zero-order valence-electron chi connectivity index (χ0n) is 8.84. The van der Waals surface area contributed by atoms with Gasteiger partial charge in [0.1, 0.15) is 0 Å². The second kappa shape index (κ2) is 5.17. The van der Waals surface area contributed by atoms with E-state index in [-0.39, 0.29) is 0 Å². The summed E-state index contributed by atoms with van der Waals surface area (Å²) in [5.74, 6) is -30.2. The molecule has 0 aliphatic rings. The van der Waals surface area contributed by atoms with Gasteiger partial charge in [-0.1, -0.05) is 0 Å². The van der Waals surface area contributed by atoms with Gasteiger partial charge >= 0.3 is 35.4 Å². The first-order chi connectivity index (χ1) is 8.89. The summed E-state index contributed by atoms with van der Waals surface area (Å²) in [6, 6.07) is 0. The van der Waals surface area contributed by atoms with Crippen LogP contribution in [0.15, 0.2) is 0 Å². The maximum atomic E-state index is 12.6. The number of hydrogen-bond donors (Lipinski definition) is 0. The van der Waals surface area contributed by atoms with Gasteiger partial charge in [-0.3, -0.25) is 4.21 Å². The Labute approximate surface area is 109 Å². The highest BCUT2D eigenvalue weighted by Gasteiger charge is 2.88. The molecule has 0 aromatic carbocycles. The first-order valence-corrected chi connectivity index (χ1v) is 5.23. The van der Waals surface area contributed by atoms with Crippen LogP contribution < -0.4 is 0 Å². The van der Waals surface area contributed by atoms with Gasteiger partial charge in [-0.25, -0.2) is 8.78 Å². The standard InChI is InChI=1S/C6H2F12O2S/c7-1(8)2(9,10)3(11,12)4(13,14)5(15,16)6(17,18)21(19)20/h1H,(H,19,20)/p-1. The molecule has 0 rings (SSSR count). The van der Waals surface area contributed by atoms with E-state index in [1.54, 1.807) is 0 Å². The lowest BCUT2D eigenvalue weighted by molar-refractivity contribution is -0.402. The molecule has 0 amide bonds. The third kappa shape index (κ3) is 2.57. The first-order valence-electron chi connectivity index (χ1n) is 4.15. The van der Waals surface area contributed by atoms with Gasteiger partial charge in [0.05, 0.1) is 0 Å². The molecule has 128 valence electrons.